The first-order chi connectivity index (χ1) is 12.4. The summed E-state index contributed by atoms with van der Waals surface area (Å²) in [4.78, 5) is 42.0. The van der Waals surface area contributed by atoms with E-state index in [4.69, 9.17) is 0 Å². The van der Waals surface area contributed by atoms with Crippen molar-refractivity contribution in [2.45, 2.75) is 46.6 Å². The largest absolute Gasteiger partial charge is 0.329 e. The second kappa shape index (κ2) is 7.41. The predicted octanol–water partition coefficient (Wildman–Crippen LogP) is 3.59. The van der Waals surface area contributed by atoms with E-state index in [0.717, 1.165) is 39.8 Å². The molecule has 1 aromatic carbocycles. The number of Topliss-reactive ketones (excluding diaryl/α,β-unsaturated/α-hetero) is 1. The Hall–Kier alpha value is -2.47. The highest BCUT2D eigenvalue weighted by atomic mass is 32.1. The van der Waals surface area contributed by atoms with Gasteiger partial charge in [0.15, 0.2) is 5.78 Å². The summed E-state index contributed by atoms with van der Waals surface area (Å²) >= 11 is 1.44. The van der Waals surface area contributed by atoms with E-state index < -0.39 is 11.2 Å². The molecule has 6 heteroatoms. The monoisotopic (exact) mass is 370 g/mol. The van der Waals surface area contributed by atoms with E-state index in [1.54, 1.807) is 12.1 Å². The van der Waals surface area contributed by atoms with Gasteiger partial charge in [0.25, 0.3) is 5.56 Å². The Morgan fingerprint density at radius 2 is 1.92 bits per heavy atom. The molecule has 0 spiro atoms. The molecule has 26 heavy (non-hydrogen) atoms. The van der Waals surface area contributed by atoms with E-state index in [1.165, 1.54) is 11.3 Å². The van der Waals surface area contributed by atoms with Crippen molar-refractivity contribution in [2.24, 2.45) is 0 Å². The number of rotatable bonds is 6. The molecule has 136 valence electrons. The van der Waals surface area contributed by atoms with Gasteiger partial charge in [-0.05, 0) is 49.9 Å². The number of hydrogen-bond acceptors (Lipinski definition) is 4. The predicted molar refractivity (Wildman–Crippen MR) is 106 cm³/mol. The Morgan fingerprint density at radius 1 is 1.15 bits per heavy atom. The van der Waals surface area contributed by atoms with Crippen LogP contribution in [0.1, 0.15) is 46.1 Å². The molecule has 0 amide bonds. The summed E-state index contributed by atoms with van der Waals surface area (Å²) in [5, 5.41) is 0.480. The van der Waals surface area contributed by atoms with Crippen LogP contribution < -0.4 is 11.2 Å². The molecule has 0 radical (unpaired) electrons. The number of aromatic nitrogens is 2. The van der Waals surface area contributed by atoms with Gasteiger partial charge >= 0.3 is 5.69 Å². The maximum absolute atomic E-state index is 12.7. The molecule has 0 aliphatic heterocycles. The molecule has 5 nitrogen and oxygen atoms in total. The van der Waals surface area contributed by atoms with Crippen LogP contribution in [0.2, 0.25) is 0 Å². The van der Waals surface area contributed by atoms with Gasteiger partial charge in [0, 0.05) is 10.4 Å². The summed E-state index contributed by atoms with van der Waals surface area (Å²) in [6.07, 6.45) is 2.99. The van der Waals surface area contributed by atoms with Gasteiger partial charge in [0.05, 0.1) is 11.9 Å². The molecule has 0 aliphatic rings. The number of aromatic amines is 1. The van der Waals surface area contributed by atoms with Gasteiger partial charge in [-0.3, -0.25) is 19.1 Å². The molecule has 0 atom stereocenters. The zero-order valence-electron chi connectivity index (χ0n) is 15.2. The average Bonchev–Trinajstić information content (AvgIpc) is 3.01. The molecule has 3 aromatic rings. The average molecular weight is 370 g/mol. The minimum atomic E-state index is -0.538. The standard InChI is InChI=1S/C20H22N2O3S/c1-4-5-6-15-10-16-18(26-15)21-20(25)22(19(16)24)11-17(23)14-8-7-12(2)13(3)9-14/h7-10H,4-6,11H2,1-3H3,(H,21,25). The van der Waals surface area contributed by atoms with E-state index in [9.17, 15) is 14.4 Å². The van der Waals surface area contributed by atoms with Crippen LogP contribution >= 0.6 is 11.3 Å². The third kappa shape index (κ3) is 3.55. The second-order valence-corrected chi connectivity index (χ2v) is 7.74. The summed E-state index contributed by atoms with van der Waals surface area (Å²) in [6, 6.07) is 7.24. The highest BCUT2D eigenvalue weighted by molar-refractivity contribution is 7.18. The lowest BCUT2D eigenvalue weighted by Gasteiger charge is -2.06. The van der Waals surface area contributed by atoms with Crippen molar-refractivity contribution in [3.05, 3.63) is 66.7 Å². The quantitative estimate of drug-likeness (QED) is 0.674. The van der Waals surface area contributed by atoms with Crippen LogP contribution in [0.25, 0.3) is 10.2 Å². The molecule has 2 heterocycles. The summed E-state index contributed by atoms with van der Waals surface area (Å²) < 4.78 is 0.996. The fraction of sp³-hybridized carbons (Fsp3) is 0.350. The third-order valence-electron chi connectivity index (χ3n) is 4.63. The van der Waals surface area contributed by atoms with Crippen LogP contribution in [0, 0.1) is 13.8 Å². The Kier molecular flexibility index (Phi) is 5.23. The number of aryl methyl sites for hydroxylation is 3. The molecule has 0 aliphatic carbocycles. The van der Waals surface area contributed by atoms with Gasteiger partial charge in [-0.1, -0.05) is 25.5 Å². The molecule has 0 saturated carbocycles. The topological polar surface area (TPSA) is 71.9 Å². The summed E-state index contributed by atoms with van der Waals surface area (Å²) in [5.74, 6) is -0.249. The molecular weight excluding hydrogens is 348 g/mol. The minimum absolute atomic E-state index is 0.249. The summed E-state index contributed by atoms with van der Waals surface area (Å²) in [5.41, 5.74) is 1.67. The van der Waals surface area contributed by atoms with Crippen molar-refractivity contribution in [3.63, 3.8) is 0 Å². The number of H-pyrrole nitrogens is 1. The highest BCUT2D eigenvalue weighted by Gasteiger charge is 2.15. The molecule has 0 fully saturated rings. The van der Waals surface area contributed by atoms with Crippen LogP contribution in [0.5, 0.6) is 0 Å². The van der Waals surface area contributed by atoms with Crippen molar-refractivity contribution in [1.82, 2.24) is 9.55 Å². The normalized spacial score (nSPS) is 11.2. The smallest absolute Gasteiger partial charge is 0.298 e. The molecule has 3 rings (SSSR count). The summed E-state index contributed by atoms with van der Waals surface area (Å²) in [7, 11) is 0. The van der Waals surface area contributed by atoms with Crippen molar-refractivity contribution in [3.8, 4) is 0 Å². The van der Waals surface area contributed by atoms with Crippen molar-refractivity contribution < 1.29 is 4.79 Å². The maximum atomic E-state index is 12.7. The molecular formula is C20H22N2O3S. The minimum Gasteiger partial charge on any atom is -0.298 e. The first-order valence-electron chi connectivity index (χ1n) is 8.76. The number of thiophene rings is 1. The van der Waals surface area contributed by atoms with Gasteiger partial charge in [-0.25, -0.2) is 4.79 Å². The van der Waals surface area contributed by atoms with Gasteiger partial charge in [-0.2, -0.15) is 0 Å². The number of ketones is 1. The lowest BCUT2D eigenvalue weighted by molar-refractivity contribution is 0.0969. The Morgan fingerprint density at radius 3 is 2.62 bits per heavy atom. The van der Waals surface area contributed by atoms with Crippen molar-refractivity contribution in [2.75, 3.05) is 0 Å². The number of benzene rings is 1. The van der Waals surface area contributed by atoms with Crippen LogP contribution in [-0.4, -0.2) is 15.3 Å². The molecule has 0 unspecified atom stereocenters. The van der Waals surface area contributed by atoms with Crippen LogP contribution in [0.4, 0.5) is 0 Å². The SMILES string of the molecule is CCCCc1cc2c(=O)n(CC(=O)c3ccc(C)c(C)c3)c(=O)[nH]c2s1. The van der Waals surface area contributed by atoms with Gasteiger partial charge < -0.3 is 0 Å². The van der Waals surface area contributed by atoms with Gasteiger partial charge in [0.1, 0.15) is 4.83 Å². The lowest BCUT2D eigenvalue weighted by atomic mass is 10.0. The fourth-order valence-corrected chi connectivity index (χ4v) is 3.94. The Bertz CT molecular complexity index is 1090. The molecule has 1 N–H and O–H groups in total. The van der Waals surface area contributed by atoms with E-state index in [0.29, 0.717) is 15.8 Å². The second-order valence-electron chi connectivity index (χ2n) is 6.60. The third-order valence-corrected chi connectivity index (χ3v) is 5.74. The van der Waals surface area contributed by atoms with Crippen molar-refractivity contribution >= 4 is 27.3 Å². The van der Waals surface area contributed by atoms with Gasteiger partial charge in [-0.15, -0.1) is 11.3 Å². The van der Waals surface area contributed by atoms with E-state index in [1.807, 2.05) is 26.0 Å². The van der Waals surface area contributed by atoms with Crippen LogP contribution in [-0.2, 0) is 13.0 Å². The fourth-order valence-electron chi connectivity index (χ4n) is 2.86. The van der Waals surface area contributed by atoms with Crippen LogP contribution in [0.15, 0.2) is 33.9 Å². The van der Waals surface area contributed by atoms with Gasteiger partial charge in [0.2, 0.25) is 0 Å². The van der Waals surface area contributed by atoms with E-state index in [-0.39, 0.29) is 12.3 Å². The Labute approximate surface area is 155 Å². The summed E-state index contributed by atoms with van der Waals surface area (Å²) in [6.45, 7) is 5.76. The zero-order valence-corrected chi connectivity index (χ0v) is 16.0. The highest BCUT2D eigenvalue weighted by Crippen LogP contribution is 2.22. The van der Waals surface area contributed by atoms with E-state index in [2.05, 4.69) is 11.9 Å². The molecule has 2 aromatic heterocycles. The van der Waals surface area contributed by atoms with Crippen molar-refractivity contribution in [1.29, 1.82) is 0 Å². The number of unbranched alkanes of at least 4 members (excludes halogenated alkanes) is 1. The first kappa shape index (κ1) is 18.3. The number of nitrogens with zero attached hydrogens (tertiary/aromatic N) is 1. The number of fused-ring (bicyclic) bond motifs is 1. The number of carbonyl (C=O) groups is 1. The zero-order chi connectivity index (χ0) is 18.8. The number of carbonyl (C=O) groups excluding carboxylic acids is 1. The van der Waals surface area contributed by atoms with Crippen LogP contribution in [0.3, 0.4) is 0 Å². The number of nitrogens with one attached hydrogen (secondary N) is 1. The lowest BCUT2D eigenvalue weighted by Crippen LogP contribution is -2.36. The molecule has 0 saturated heterocycles. The first-order valence-corrected chi connectivity index (χ1v) is 9.58. The number of hydrogen-bond donors (Lipinski definition) is 1. The van der Waals surface area contributed by atoms with E-state index >= 15 is 0 Å². The molecule has 0 bridgehead atoms. The Balaban J connectivity index is 1.96. The maximum Gasteiger partial charge on any atom is 0.329 e.